The Morgan fingerprint density at radius 3 is 2.79 bits per heavy atom. The molecule has 10 nitrogen and oxygen atoms in total. The molecule has 1 aliphatic heterocycles. The highest BCUT2D eigenvalue weighted by Crippen LogP contribution is 2.29. The van der Waals surface area contributed by atoms with E-state index in [1.807, 2.05) is 4.90 Å². The van der Waals surface area contributed by atoms with E-state index in [1.54, 1.807) is 36.5 Å². The Balaban J connectivity index is 1.54. The third kappa shape index (κ3) is 3.82. The van der Waals surface area contributed by atoms with Gasteiger partial charge >= 0.3 is 0 Å². The number of hydrogen-bond donors (Lipinski definition) is 1. The van der Waals surface area contributed by atoms with Crippen molar-refractivity contribution in [1.29, 1.82) is 0 Å². The topological polar surface area (TPSA) is 115 Å². The van der Waals surface area contributed by atoms with E-state index in [4.69, 9.17) is 4.74 Å². The van der Waals surface area contributed by atoms with E-state index in [9.17, 15) is 14.9 Å². The smallest absolute Gasteiger partial charge is 0.277 e. The number of nitrogens with zero attached hydrogens (tertiary/aromatic N) is 5. The van der Waals surface area contributed by atoms with E-state index in [-0.39, 0.29) is 24.1 Å². The van der Waals surface area contributed by atoms with Crippen LogP contribution in [-0.4, -0.2) is 63.2 Å². The lowest BCUT2D eigenvalue weighted by atomic mass is 10.1. The molecule has 0 spiro atoms. The molecular weight excluding hydrogens is 364 g/mol. The summed E-state index contributed by atoms with van der Waals surface area (Å²) in [5.74, 6) is -0.00491. The molecule has 4 rings (SSSR count). The van der Waals surface area contributed by atoms with Gasteiger partial charge in [0.2, 0.25) is 11.9 Å². The van der Waals surface area contributed by atoms with Crippen LogP contribution in [0.2, 0.25) is 0 Å². The Labute approximate surface area is 159 Å². The molecule has 10 heteroatoms. The van der Waals surface area contributed by atoms with Crippen LogP contribution in [-0.2, 0) is 9.53 Å². The van der Waals surface area contributed by atoms with Crippen LogP contribution < -0.4 is 5.32 Å². The number of hydrogen-bond acceptors (Lipinski definition) is 7. The SMILES string of the molecule is O=C(CN1CCOCC1)Nc1nc2ccc(-c3ccccc3[N+](=O)[O-])cn2n1. The minimum Gasteiger partial charge on any atom is -0.379 e. The Morgan fingerprint density at radius 2 is 2.00 bits per heavy atom. The number of rotatable bonds is 5. The van der Waals surface area contributed by atoms with E-state index in [0.29, 0.717) is 43.1 Å². The van der Waals surface area contributed by atoms with Crippen LogP contribution >= 0.6 is 0 Å². The number of pyridine rings is 1. The van der Waals surface area contributed by atoms with Crippen LogP contribution in [0.3, 0.4) is 0 Å². The number of nitro benzene ring substituents is 1. The van der Waals surface area contributed by atoms with Crippen LogP contribution in [0.1, 0.15) is 0 Å². The fourth-order valence-electron chi connectivity index (χ4n) is 3.10. The standard InChI is InChI=1S/C18H18N6O4/c25-17(12-22-7-9-28-10-8-22)20-18-19-16-6-5-13(11-23(16)21-18)14-3-1-2-4-15(14)24(26)27/h1-6,11H,7-10,12H2,(H,20,21,25). The molecule has 0 aliphatic carbocycles. The van der Waals surface area contributed by atoms with Gasteiger partial charge in [-0.3, -0.25) is 25.1 Å². The van der Waals surface area contributed by atoms with Crippen molar-refractivity contribution in [3.8, 4) is 11.1 Å². The predicted octanol–water partition coefficient (Wildman–Crippen LogP) is 1.58. The number of carbonyl (C=O) groups excluding carboxylic acids is 1. The van der Waals surface area contributed by atoms with E-state index >= 15 is 0 Å². The first kappa shape index (κ1) is 18.0. The second kappa shape index (κ2) is 7.71. The van der Waals surface area contributed by atoms with Crippen molar-refractivity contribution >= 4 is 23.2 Å². The molecule has 0 unspecified atom stereocenters. The number of ether oxygens (including phenoxy) is 1. The van der Waals surface area contributed by atoms with Crippen molar-refractivity contribution in [3.05, 3.63) is 52.7 Å². The Hall–Kier alpha value is -3.37. The zero-order valence-electron chi connectivity index (χ0n) is 14.9. The number of benzene rings is 1. The van der Waals surface area contributed by atoms with Crippen LogP contribution in [0.25, 0.3) is 16.8 Å². The summed E-state index contributed by atoms with van der Waals surface area (Å²) in [7, 11) is 0. The van der Waals surface area contributed by atoms with E-state index < -0.39 is 4.92 Å². The van der Waals surface area contributed by atoms with Gasteiger partial charge in [0.25, 0.3) is 5.69 Å². The Kier molecular flexibility index (Phi) is 4.96. The normalized spacial score (nSPS) is 14.9. The van der Waals surface area contributed by atoms with Gasteiger partial charge in [0, 0.05) is 30.9 Å². The van der Waals surface area contributed by atoms with Gasteiger partial charge in [-0.1, -0.05) is 12.1 Å². The molecule has 1 fully saturated rings. The number of aromatic nitrogens is 3. The summed E-state index contributed by atoms with van der Waals surface area (Å²) in [4.78, 5) is 29.3. The summed E-state index contributed by atoms with van der Waals surface area (Å²) >= 11 is 0. The minimum atomic E-state index is -0.418. The summed E-state index contributed by atoms with van der Waals surface area (Å²) in [6.07, 6.45) is 1.66. The number of para-hydroxylation sites is 1. The number of amides is 1. The van der Waals surface area contributed by atoms with E-state index in [2.05, 4.69) is 15.4 Å². The average molecular weight is 382 g/mol. The quantitative estimate of drug-likeness (QED) is 0.526. The van der Waals surface area contributed by atoms with Gasteiger partial charge in [0.1, 0.15) is 0 Å². The van der Waals surface area contributed by atoms with Gasteiger partial charge in [-0.2, -0.15) is 4.98 Å². The summed E-state index contributed by atoms with van der Waals surface area (Å²) < 4.78 is 6.76. The predicted molar refractivity (Wildman–Crippen MR) is 101 cm³/mol. The fraction of sp³-hybridized carbons (Fsp3) is 0.278. The van der Waals surface area contributed by atoms with Crippen molar-refractivity contribution in [1.82, 2.24) is 19.5 Å². The molecule has 1 aromatic carbocycles. The van der Waals surface area contributed by atoms with Gasteiger partial charge < -0.3 is 4.74 Å². The Bertz CT molecular complexity index is 1030. The number of fused-ring (bicyclic) bond motifs is 1. The summed E-state index contributed by atoms with van der Waals surface area (Å²) in [5, 5.41) is 18.2. The van der Waals surface area contributed by atoms with Gasteiger partial charge in [-0.05, 0) is 18.2 Å². The molecule has 3 heterocycles. The van der Waals surface area contributed by atoms with Crippen LogP contribution in [0.15, 0.2) is 42.6 Å². The number of nitro groups is 1. The van der Waals surface area contributed by atoms with Gasteiger partial charge in [-0.15, -0.1) is 5.10 Å². The van der Waals surface area contributed by atoms with Crippen LogP contribution in [0.4, 0.5) is 11.6 Å². The van der Waals surface area contributed by atoms with E-state index in [0.717, 1.165) is 0 Å². The third-order valence-electron chi connectivity index (χ3n) is 4.46. The lowest BCUT2D eigenvalue weighted by Gasteiger charge is -2.25. The highest BCUT2D eigenvalue weighted by Gasteiger charge is 2.17. The first-order valence-electron chi connectivity index (χ1n) is 8.80. The first-order valence-corrected chi connectivity index (χ1v) is 8.80. The molecular formula is C18H18N6O4. The summed E-state index contributed by atoms with van der Waals surface area (Å²) in [5.41, 5.74) is 1.67. The molecule has 0 atom stereocenters. The van der Waals surface area contributed by atoms with Gasteiger partial charge in [0.05, 0.1) is 30.2 Å². The number of nitrogens with one attached hydrogen (secondary N) is 1. The molecule has 0 saturated carbocycles. The fourth-order valence-corrected chi connectivity index (χ4v) is 3.10. The third-order valence-corrected chi connectivity index (χ3v) is 4.46. The van der Waals surface area contributed by atoms with Crippen molar-refractivity contribution in [2.24, 2.45) is 0 Å². The maximum atomic E-state index is 12.2. The monoisotopic (exact) mass is 382 g/mol. The molecule has 1 amide bonds. The van der Waals surface area contributed by atoms with Crippen LogP contribution in [0.5, 0.6) is 0 Å². The molecule has 28 heavy (non-hydrogen) atoms. The maximum Gasteiger partial charge on any atom is 0.277 e. The summed E-state index contributed by atoms with van der Waals surface area (Å²) in [6, 6.07) is 9.95. The Morgan fingerprint density at radius 1 is 1.21 bits per heavy atom. The van der Waals surface area contributed by atoms with Crippen LogP contribution in [0, 0.1) is 10.1 Å². The van der Waals surface area contributed by atoms with Crippen molar-refractivity contribution < 1.29 is 14.5 Å². The molecule has 3 aromatic rings. The molecule has 0 bridgehead atoms. The number of anilines is 1. The molecule has 144 valence electrons. The molecule has 1 N–H and O–H groups in total. The molecule has 0 radical (unpaired) electrons. The highest BCUT2D eigenvalue weighted by molar-refractivity contribution is 5.90. The lowest BCUT2D eigenvalue weighted by Crippen LogP contribution is -2.41. The lowest BCUT2D eigenvalue weighted by molar-refractivity contribution is -0.384. The summed E-state index contributed by atoms with van der Waals surface area (Å²) in [6.45, 7) is 2.92. The number of morpholine rings is 1. The second-order valence-electron chi connectivity index (χ2n) is 6.37. The molecule has 1 aliphatic rings. The van der Waals surface area contributed by atoms with Gasteiger partial charge in [-0.25, -0.2) is 4.52 Å². The highest BCUT2D eigenvalue weighted by atomic mass is 16.6. The largest absolute Gasteiger partial charge is 0.379 e. The maximum absolute atomic E-state index is 12.2. The van der Waals surface area contributed by atoms with E-state index in [1.165, 1.54) is 10.6 Å². The first-order chi connectivity index (χ1) is 13.6. The zero-order valence-corrected chi connectivity index (χ0v) is 14.9. The minimum absolute atomic E-state index is 0.0148. The van der Waals surface area contributed by atoms with Gasteiger partial charge in [0.15, 0.2) is 5.65 Å². The zero-order chi connectivity index (χ0) is 19.5. The van der Waals surface area contributed by atoms with Crippen molar-refractivity contribution in [2.45, 2.75) is 0 Å². The second-order valence-corrected chi connectivity index (χ2v) is 6.37. The average Bonchev–Trinajstić information content (AvgIpc) is 3.09. The molecule has 2 aromatic heterocycles. The number of carbonyl (C=O) groups is 1. The van der Waals surface area contributed by atoms with Crippen molar-refractivity contribution in [2.75, 3.05) is 38.2 Å². The molecule has 1 saturated heterocycles. The van der Waals surface area contributed by atoms with Crippen molar-refractivity contribution in [3.63, 3.8) is 0 Å².